The zero-order chi connectivity index (χ0) is 19.5. The molecule has 2 aromatic rings. The number of anilines is 1. The molecule has 3 rings (SSSR count). The molecule has 2 aromatic carbocycles. The number of para-hydroxylation sites is 1. The molecule has 6 nitrogen and oxygen atoms in total. The number of sulfonamides is 1. The highest BCUT2D eigenvalue weighted by Gasteiger charge is 2.29. The predicted molar refractivity (Wildman–Crippen MR) is 106 cm³/mol. The first-order chi connectivity index (χ1) is 12.8. The lowest BCUT2D eigenvalue weighted by molar-refractivity contribution is -0.123. The number of hydrogen-bond acceptors (Lipinski definition) is 4. The Hall–Kier alpha value is -2.67. The Morgan fingerprint density at radius 2 is 1.74 bits per heavy atom. The number of amidine groups is 1. The molecule has 0 unspecified atom stereocenters. The van der Waals surface area contributed by atoms with Crippen LogP contribution < -0.4 is 10.6 Å². The van der Waals surface area contributed by atoms with E-state index in [9.17, 15) is 13.2 Å². The highest BCUT2D eigenvalue weighted by atomic mass is 32.2. The maximum Gasteiger partial charge on any atom is 0.286 e. The van der Waals surface area contributed by atoms with Gasteiger partial charge in [-0.05, 0) is 23.1 Å². The maximum absolute atomic E-state index is 12.3. The van der Waals surface area contributed by atoms with Crippen LogP contribution in [0.1, 0.15) is 32.3 Å². The number of nitrogens with one attached hydrogen (secondary N) is 2. The number of amides is 1. The molecule has 0 spiro atoms. The summed E-state index contributed by atoms with van der Waals surface area (Å²) < 4.78 is 28.6. The summed E-state index contributed by atoms with van der Waals surface area (Å²) >= 11 is 0. The topological polar surface area (TPSA) is 87.6 Å². The van der Waals surface area contributed by atoms with E-state index >= 15 is 0 Å². The van der Waals surface area contributed by atoms with Gasteiger partial charge in [-0.2, -0.15) is 8.42 Å². The van der Waals surface area contributed by atoms with Crippen molar-refractivity contribution < 1.29 is 13.2 Å². The van der Waals surface area contributed by atoms with Crippen LogP contribution in [0.5, 0.6) is 0 Å². The second-order valence-corrected chi connectivity index (χ2v) is 8.99. The Labute approximate surface area is 159 Å². The van der Waals surface area contributed by atoms with Crippen molar-refractivity contribution in [2.45, 2.75) is 38.1 Å². The first-order valence-electron chi connectivity index (χ1n) is 8.76. The third-order valence-corrected chi connectivity index (χ3v) is 5.66. The highest BCUT2D eigenvalue weighted by Crippen LogP contribution is 2.31. The van der Waals surface area contributed by atoms with Crippen molar-refractivity contribution in [1.82, 2.24) is 5.32 Å². The van der Waals surface area contributed by atoms with Crippen LogP contribution >= 0.6 is 0 Å². The third kappa shape index (κ3) is 4.95. The first kappa shape index (κ1) is 19.1. The molecule has 142 valence electrons. The number of carbonyl (C=O) groups excluding carboxylic acids is 1. The van der Waals surface area contributed by atoms with E-state index in [1.54, 1.807) is 18.2 Å². The number of benzene rings is 2. The van der Waals surface area contributed by atoms with Gasteiger partial charge in [0.05, 0.1) is 5.69 Å². The van der Waals surface area contributed by atoms with Crippen LogP contribution in [-0.4, -0.2) is 20.2 Å². The zero-order valence-electron chi connectivity index (χ0n) is 15.4. The van der Waals surface area contributed by atoms with Crippen LogP contribution in [-0.2, 0) is 21.4 Å². The fourth-order valence-electron chi connectivity index (χ4n) is 3.05. The van der Waals surface area contributed by atoms with Gasteiger partial charge in [0.1, 0.15) is 10.7 Å². The molecule has 0 saturated carbocycles. The zero-order valence-corrected chi connectivity index (χ0v) is 16.2. The molecule has 0 radical (unpaired) electrons. The van der Waals surface area contributed by atoms with Crippen LogP contribution in [0.2, 0.25) is 0 Å². The van der Waals surface area contributed by atoms with E-state index in [0.29, 0.717) is 24.5 Å². The van der Waals surface area contributed by atoms with E-state index in [2.05, 4.69) is 15.0 Å². The largest absolute Gasteiger partial charge is 0.352 e. The van der Waals surface area contributed by atoms with Crippen molar-refractivity contribution in [1.29, 1.82) is 0 Å². The van der Waals surface area contributed by atoms with Crippen LogP contribution in [0.4, 0.5) is 5.69 Å². The summed E-state index contributed by atoms with van der Waals surface area (Å²) in [5.74, 6) is 0.276. The Kier molecular flexibility index (Phi) is 5.32. The van der Waals surface area contributed by atoms with Crippen LogP contribution in [0.15, 0.2) is 63.9 Å². The van der Waals surface area contributed by atoms with Crippen molar-refractivity contribution in [2.75, 3.05) is 5.32 Å². The predicted octanol–water partition coefficient (Wildman–Crippen LogP) is 3.32. The molecule has 1 amide bonds. The molecule has 27 heavy (non-hydrogen) atoms. The van der Waals surface area contributed by atoms with E-state index in [-0.39, 0.29) is 17.2 Å². The number of nitrogens with zero attached hydrogens (tertiary/aromatic N) is 1. The summed E-state index contributed by atoms with van der Waals surface area (Å²) in [5.41, 5.74) is 1.10. The number of carbonyl (C=O) groups is 1. The van der Waals surface area contributed by atoms with E-state index in [0.717, 1.165) is 5.56 Å². The molecule has 0 saturated heterocycles. The lowest BCUT2D eigenvalue weighted by Gasteiger charge is -2.27. The molecule has 0 fully saturated rings. The van der Waals surface area contributed by atoms with E-state index in [1.165, 1.54) is 6.07 Å². The lowest BCUT2D eigenvalue weighted by Crippen LogP contribution is -2.32. The minimum Gasteiger partial charge on any atom is -0.352 e. The molecule has 1 aliphatic heterocycles. The number of rotatable bonds is 6. The molecule has 0 bridgehead atoms. The minimum absolute atomic E-state index is 0.0801. The lowest BCUT2D eigenvalue weighted by atomic mass is 9.84. The summed E-state index contributed by atoms with van der Waals surface area (Å²) in [6.45, 7) is 4.32. The fourth-order valence-corrected chi connectivity index (χ4v) is 4.20. The molecule has 0 aromatic heterocycles. The van der Waals surface area contributed by atoms with Gasteiger partial charge in [-0.25, -0.2) is 0 Å². The second kappa shape index (κ2) is 7.52. The Bertz CT molecular complexity index is 967. The number of hydrogen-bond donors (Lipinski definition) is 2. The van der Waals surface area contributed by atoms with Crippen molar-refractivity contribution in [3.8, 4) is 0 Å². The number of fused-ring (bicyclic) bond motifs is 1. The van der Waals surface area contributed by atoms with Gasteiger partial charge in [0.2, 0.25) is 5.91 Å². The van der Waals surface area contributed by atoms with Gasteiger partial charge in [-0.3, -0.25) is 4.79 Å². The molecule has 7 heteroatoms. The molecule has 2 N–H and O–H groups in total. The van der Waals surface area contributed by atoms with Crippen LogP contribution in [0.25, 0.3) is 0 Å². The van der Waals surface area contributed by atoms with Gasteiger partial charge in [-0.1, -0.05) is 56.3 Å². The molecule has 1 aliphatic rings. The average Bonchev–Trinajstić information content (AvgIpc) is 2.59. The van der Waals surface area contributed by atoms with Crippen molar-refractivity contribution >= 4 is 27.5 Å². The first-order valence-corrected chi connectivity index (χ1v) is 10.2. The standard InChI is InChI=1S/C20H23N3O3S/c1-20(2,13-19(24)21-14-15-8-4-3-5-9-15)12-18-22-16-10-6-7-11-17(16)27(25,26)23-18/h3-11H,12-14H2,1-2H3,(H,21,24)(H,22,23). The molecular weight excluding hydrogens is 362 g/mol. The van der Waals surface area contributed by atoms with Crippen molar-refractivity contribution in [2.24, 2.45) is 9.81 Å². The molecule has 0 aliphatic carbocycles. The minimum atomic E-state index is -3.71. The summed E-state index contributed by atoms with van der Waals surface area (Å²) in [5, 5.41) is 5.99. The van der Waals surface area contributed by atoms with Crippen molar-refractivity contribution in [3.05, 3.63) is 60.2 Å². The molecule has 0 atom stereocenters. The quantitative estimate of drug-likeness (QED) is 0.798. The van der Waals surface area contributed by atoms with Crippen LogP contribution in [0.3, 0.4) is 0 Å². The van der Waals surface area contributed by atoms with Crippen LogP contribution in [0, 0.1) is 5.41 Å². The fraction of sp³-hybridized carbons (Fsp3) is 0.300. The summed E-state index contributed by atoms with van der Waals surface area (Å²) in [4.78, 5) is 12.5. The van der Waals surface area contributed by atoms with Gasteiger partial charge in [-0.15, -0.1) is 4.40 Å². The van der Waals surface area contributed by atoms with E-state index < -0.39 is 15.4 Å². The third-order valence-electron chi connectivity index (χ3n) is 4.29. The molecule has 1 heterocycles. The Morgan fingerprint density at radius 1 is 1.07 bits per heavy atom. The highest BCUT2D eigenvalue weighted by molar-refractivity contribution is 7.90. The van der Waals surface area contributed by atoms with E-state index in [4.69, 9.17) is 0 Å². The second-order valence-electron chi connectivity index (χ2n) is 7.41. The SMILES string of the molecule is CC(C)(CC(=O)NCc1ccccc1)CC1=NS(=O)(=O)c2ccccc2N1. The monoisotopic (exact) mass is 385 g/mol. The van der Waals surface area contributed by atoms with Gasteiger partial charge in [0.25, 0.3) is 10.0 Å². The summed E-state index contributed by atoms with van der Waals surface area (Å²) in [6, 6.07) is 16.4. The maximum atomic E-state index is 12.3. The van der Waals surface area contributed by atoms with Crippen molar-refractivity contribution in [3.63, 3.8) is 0 Å². The van der Waals surface area contributed by atoms with Gasteiger partial charge < -0.3 is 10.6 Å². The van der Waals surface area contributed by atoms with E-state index in [1.807, 2.05) is 44.2 Å². The summed E-state index contributed by atoms with van der Waals surface area (Å²) in [7, 11) is -3.71. The smallest absolute Gasteiger partial charge is 0.286 e. The summed E-state index contributed by atoms with van der Waals surface area (Å²) in [6.07, 6.45) is 0.613. The molecular formula is C20H23N3O3S. The van der Waals surface area contributed by atoms with Gasteiger partial charge in [0.15, 0.2) is 0 Å². The Morgan fingerprint density at radius 3 is 2.48 bits per heavy atom. The van der Waals surface area contributed by atoms with Gasteiger partial charge >= 0.3 is 0 Å². The average molecular weight is 385 g/mol. The Balaban J connectivity index is 1.63. The van der Waals surface area contributed by atoms with Gasteiger partial charge in [0, 0.05) is 19.4 Å². The normalized spacial score (nSPS) is 15.3.